The first kappa shape index (κ1) is 11.3. The highest BCUT2D eigenvalue weighted by molar-refractivity contribution is 5.04. The summed E-state index contributed by atoms with van der Waals surface area (Å²) in [4.78, 5) is 0. The van der Waals surface area contributed by atoms with Gasteiger partial charge in [0.05, 0.1) is 12.5 Å². The molecule has 0 radical (unpaired) electrons. The second-order valence-electron chi connectivity index (χ2n) is 4.97. The van der Waals surface area contributed by atoms with Crippen molar-refractivity contribution in [2.24, 2.45) is 5.41 Å². The summed E-state index contributed by atoms with van der Waals surface area (Å²) >= 11 is 0. The van der Waals surface area contributed by atoms with Crippen LogP contribution in [0.2, 0.25) is 0 Å². The Bertz CT molecular complexity index is 233. The topological polar surface area (TPSA) is 25.2 Å². The lowest BCUT2D eigenvalue weighted by atomic mass is 9.91. The standard InChI is InChI=1S/C12H21NO/c1-12(2,3)6-4-7-13-9-11-5-8-14-10-11/h5,8,10,13H,4,6-7,9H2,1-3H3. The maximum absolute atomic E-state index is 4.99. The lowest BCUT2D eigenvalue weighted by Crippen LogP contribution is -2.16. The molecule has 1 N–H and O–H groups in total. The lowest BCUT2D eigenvalue weighted by molar-refractivity contribution is 0.361. The van der Waals surface area contributed by atoms with Gasteiger partial charge in [-0.05, 0) is 30.9 Å². The molecule has 0 saturated heterocycles. The fourth-order valence-corrected chi connectivity index (χ4v) is 1.37. The maximum Gasteiger partial charge on any atom is 0.0947 e. The molecule has 0 atom stereocenters. The molecule has 80 valence electrons. The van der Waals surface area contributed by atoms with Crippen molar-refractivity contribution in [2.45, 2.75) is 40.2 Å². The third-order valence-corrected chi connectivity index (χ3v) is 2.19. The molecule has 2 nitrogen and oxygen atoms in total. The van der Waals surface area contributed by atoms with E-state index in [2.05, 4.69) is 26.1 Å². The molecule has 0 amide bonds. The summed E-state index contributed by atoms with van der Waals surface area (Å²) in [7, 11) is 0. The van der Waals surface area contributed by atoms with Crippen molar-refractivity contribution in [1.82, 2.24) is 5.32 Å². The van der Waals surface area contributed by atoms with Crippen molar-refractivity contribution in [3.05, 3.63) is 24.2 Å². The van der Waals surface area contributed by atoms with Crippen LogP contribution in [0.1, 0.15) is 39.2 Å². The Kier molecular flexibility index (Phi) is 4.21. The van der Waals surface area contributed by atoms with Crippen LogP contribution < -0.4 is 5.32 Å². The third kappa shape index (κ3) is 5.07. The first-order valence-electron chi connectivity index (χ1n) is 5.30. The first-order chi connectivity index (χ1) is 6.58. The van der Waals surface area contributed by atoms with Gasteiger partial charge in [0.1, 0.15) is 0 Å². The van der Waals surface area contributed by atoms with Crippen LogP contribution in [0.4, 0.5) is 0 Å². The van der Waals surface area contributed by atoms with Gasteiger partial charge in [0.2, 0.25) is 0 Å². The number of hydrogen-bond donors (Lipinski definition) is 1. The van der Waals surface area contributed by atoms with Crippen LogP contribution in [0.25, 0.3) is 0 Å². The van der Waals surface area contributed by atoms with Gasteiger partial charge in [0, 0.05) is 12.1 Å². The zero-order chi connectivity index (χ0) is 10.4. The average Bonchev–Trinajstić information content (AvgIpc) is 2.54. The number of rotatable bonds is 5. The quantitative estimate of drug-likeness (QED) is 0.730. The van der Waals surface area contributed by atoms with Crippen molar-refractivity contribution >= 4 is 0 Å². The Morgan fingerprint density at radius 1 is 1.36 bits per heavy atom. The molecular formula is C12H21NO. The summed E-state index contributed by atoms with van der Waals surface area (Å²) in [5.41, 5.74) is 1.68. The molecule has 1 aromatic heterocycles. The van der Waals surface area contributed by atoms with E-state index >= 15 is 0 Å². The van der Waals surface area contributed by atoms with Crippen molar-refractivity contribution in [1.29, 1.82) is 0 Å². The molecular weight excluding hydrogens is 174 g/mol. The minimum atomic E-state index is 0.456. The van der Waals surface area contributed by atoms with Gasteiger partial charge in [-0.2, -0.15) is 0 Å². The number of nitrogens with one attached hydrogen (secondary N) is 1. The molecule has 14 heavy (non-hydrogen) atoms. The van der Waals surface area contributed by atoms with Gasteiger partial charge >= 0.3 is 0 Å². The SMILES string of the molecule is CC(C)(C)CCCNCc1ccoc1. The zero-order valence-electron chi connectivity index (χ0n) is 9.47. The van der Waals surface area contributed by atoms with E-state index in [0.717, 1.165) is 13.1 Å². The molecule has 0 unspecified atom stereocenters. The molecule has 1 aromatic rings. The normalized spacial score (nSPS) is 11.9. The van der Waals surface area contributed by atoms with Crippen LogP contribution in [0.5, 0.6) is 0 Å². The number of hydrogen-bond acceptors (Lipinski definition) is 2. The van der Waals surface area contributed by atoms with Gasteiger partial charge in [-0.25, -0.2) is 0 Å². The van der Waals surface area contributed by atoms with Crippen LogP contribution in [-0.2, 0) is 6.54 Å². The van der Waals surface area contributed by atoms with Crippen molar-refractivity contribution in [3.8, 4) is 0 Å². The van der Waals surface area contributed by atoms with Crippen LogP contribution >= 0.6 is 0 Å². The van der Waals surface area contributed by atoms with Crippen molar-refractivity contribution < 1.29 is 4.42 Å². The second kappa shape index (κ2) is 5.20. The van der Waals surface area contributed by atoms with Gasteiger partial charge in [0.25, 0.3) is 0 Å². The van der Waals surface area contributed by atoms with Gasteiger partial charge < -0.3 is 9.73 Å². The minimum absolute atomic E-state index is 0.456. The Hall–Kier alpha value is -0.760. The predicted molar refractivity (Wildman–Crippen MR) is 59.1 cm³/mol. The second-order valence-corrected chi connectivity index (χ2v) is 4.97. The molecule has 0 aliphatic carbocycles. The predicted octanol–water partition coefficient (Wildman–Crippen LogP) is 3.20. The van der Waals surface area contributed by atoms with E-state index in [-0.39, 0.29) is 0 Å². The van der Waals surface area contributed by atoms with E-state index in [0.29, 0.717) is 5.41 Å². The lowest BCUT2D eigenvalue weighted by Gasteiger charge is -2.17. The van der Waals surface area contributed by atoms with E-state index in [4.69, 9.17) is 4.42 Å². The third-order valence-electron chi connectivity index (χ3n) is 2.19. The van der Waals surface area contributed by atoms with Crippen molar-refractivity contribution in [3.63, 3.8) is 0 Å². The fourth-order valence-electron chi connectivity index (χ4n) is 1.37. The van der Waals surface area contributed by atoms with Gasteiger partial charge in [-0.1, -0.05) is 20.8 Å². The summed E-state index contributed by atoms with van der Waals surface area (Å²) in [5.74, 6) is 0. The average molecular weight is 195 g/mol. The molecule has 0 aliphatic heterocycles. The molecule has 0 fully saturated rings. The largest absolute Gasteiger partial charge is 0.472 e. The Labute approximate surface area is 86.7 Å². The molecule has 0 aliphatic rings. The van der Waals surface area contributed by atoms with E-state index < -0.39 is 0 Å². The van der Waals surface area contributed by atoms with Gasteiger partial charge in [-0.3, -0.25) is 0 Å². The van der Waals surface area contributed by atoms with Gasteiger partial charge in [-0.15, -0.1) is 0 Å². The van der Waals surface area contributed by atoms with E-state index in [1.165, 1.54) is 18.4 Å². The molecule has 2 heteroatoms. The molecule has 0 bridgehead atoms. The first-order valence-corrected chi connectivity index (χ1v) is 5.30. The van der Waals surface area contributed by atoms with E-state index in [1.54, 1.807) is 12.5 Å². The Morgan fingerprint density at radius 3 is 2.71 bits per heavy atom. The van der Waals surface area contributed by atoms with Crippen LogP contribution in [-0.4, -0.2) is 6.54 Å². The minimum Gasteiger partial charge on any atom is -0.472 e. The van der Waals surface area contributed by atoms with Crippen LogP contribution in [0, 0.1) is 5.41 Å². The highest BCUT2D eigenvalue weighted by Gasteiger charge is 2.08. The Balaban J connectivity index is 2.00. The van der Waals surface area contributed by atoms with Gasteiger partial charge in [0.15, 0.2) is 0 Å². The summed E-state index contributed by atoms with van der Waals surface area (Å²) < 4.78 is 4.99. The van der Waals surface area contributed by atoms with E-state index in [1.807, 2.05) is 6.07 Å². The summed E-state index contributed by atoms with van der Waals surface area (Å²) in [5, 5.41) is 3.40. The Morgan fingerprint density at radius 2 is 2.14 bits per heavy atom. The van der Waals surface area contributed by atoms with Crippen molar-refractivity contribution in [2.75, 3.05) is 6.54 Å². The molecule has 1 rings (SSSR count). The van der Waals surface area contributed by atoms with E-state index in [9.17, 15) is 0 Å². The monoisotopic (exact) mass is 195 g/mol. The highest BCUT2D eigenvalue weighted by Crippen LogP contribution is 2.19. The smallest absolute Gasteiger partial charge is 0.0947 e. The highest BCUT2D eigenvalue weighted by atomic mass is 16.3. The number of furan rings is 1. The maximum atomic E-state index is 4.99. The molecule has 1 heterocycles. The summed E-state index contributed by atoms with van der Waals surface area (Å²) in [6.07, 6.45) is 6.01. The fraction of sp³-hybridized carbons (Fsp3) is 0.667. The molecule has 0 spiro atoms. The summed E-state index contributed by atoms with van der Waals surface area (Å²) in [6.45, 7) is 8.85. The van der Waals surface area contributed by atoms with Crippen LogP contribution in [0.15, 0.2) is 23.0 Å². The zero-order valence-corrected chi connectivity index (χ0v) is 9.47. The van der Waals surface area contributed by atoms with Crippen LogP contribution in [0.3, 0.4) is 0 Å². The molecule has 0 aromatic carbocycles. The molecule has 0 saturated carbocycles. The summed E-state index contributed by atoms with van der Waals surface area (Å²) in [6, 6.07) is 2.00.